The number of carbonyl (C=O) groups excluding carboxylic acids is 2. The molecule has 0 aliphatic carbocycles. The first-order chi connectivity index (χ1) is 11.1. The molecule has 3 rings (SSSR count). The van der Waals surface area contributed by atoms with E-state index in [4.69, 9.17) is 0 Å². The van der Waals surface area contributed by atoms with Crippen LogP contribution in [-0.2, 0) is 31.8 Å². The molecule has 0 saturated heterocycles. The average molecular weight is 407 g/mol. The Bertz CT molecular complexity index is 777. The standard InChI is InChI=1S/C12H8N2.C4H7NO4.Co.2H2O/c1-3-9-5-6-10-4-2-8-14-12(10)11(9)13-7-1;6-3(7)1-5-2-4(8)9;;;/h1-8H;5H,1-2H2,(H,6,7)(H,8,9);;2*1H2/q;;+3;;/p-1. The summed E-state index contributed by atoms with van der Waals surface area (Å²) in [5.41, 5.74) is 1.95. The van der Waals surface area contributed by atoms with Crippen molar-refractivity contribution in [2.75, 3.05) is 13.1 Å². The normalized spacial score (nSPS) is 8.92. The predicted octanol–water partition coefficient (Wildman–Crippen LogP) is -2.89. The molecule has 0 saturated carbocycles. The minimum absolute atomic E-state index is 0. The van der Waals surface area contributed by atoms with Crippen molar-refractivity contribution in [3.8, 4) is 0 Å². The number of benzene rings is 1. The van der Waals surface area contributed by atoms with Crippen molar-refractivity contribution in [2.45, 2.75) is 0 Å². The molecular weight excluding hydrogens is 389 g/mol. The van der Waals surface area contributed by atoms with E-state index in [0.29, 0.717) is 0 Å². The van der Waals surface area contributed by atoms with Gasteiger partial charge in [-0.05, 0) is 12.1 Å². The van der Waals surface area contributed by atoms with E-state index in [1.54, 1.807) is 12.4 Å². The summed E-state index contributed by atoms with van der Waals surface area (Å²) in [5.74, 6) is -2.67. The molecule has 0 bridgehead atoms. The van der Waals surface area contributed by atoms with Crippen LogP contribution in [0, 0.1) is 0 Å². The van der Waals surface area contributed by atoms with Gasteiger partial charge in [0.15, 0.2) is 0 Å². The number of rotatable bonds is 4. The van der Waals surface area contributed by atoms with Gasteiger partial charge >= 0.3 is 16.8 Å². The summed E-state index contributed by atoms with van der Waals surface area (Å²) in [6, 6.07) is 12.1. The van der Waals surface area contributed by atoms with Gasteiger partial charge in [-0.3, -0.25) is 9.97 Å². The van der Waals surface area contributed by atoms with E-state index >= 15 is 0 Å². The van der Waals surface area contributed by atoms with Gasteiger partial charge in [-0.25, -0.2) is 0 Å². The number of fused-ring (bicyclic) bond motifs is 3. The van der Waals surface area contributed by atoms with Crippen LogP contribution in [-0.4, -0.2) is 40.5 Å². The van der Waals surface area contributed by atoms with Crippen molar-refractivity contribution in [3.05, 3.63) is 48.8 Å². The van der Waals surface area contributed by atoms with Crippen LogP contribution in [0.5, 0.6) is 0 Å². The van der Waals surface area contributed by atoms with E-state index in [9.17, 15) is 19.8 Å². The minimum Gasteiger partial charge on any atom is -0.549 e. The molecule has 0 unspecified atom stereocenters. The van der Waals surface area contributed by atoms with E-state index in [2.05, 4.69) is 39.6 Å². The molecule has 0 radical (unpaired) electrons. The number of carboxylic acids is 2. The van der Waals surface area contributed by atoms with Crippen LogP contribution < -0.4 is 15.5 Å². The van der Waals surface area contributed by atoms with Crippen molar-refractivity contribution in [1.82, 2.24) is 15.3 Å². The SMILES string of the molecule is O.O=C([O-])CNCC(=O)[O-].[Co+3].[OH3+].c1cnc2c(c1)ccc1cccnc12. The first kappa shape index (κ1) is 25.6. The fourth-order valence-electron chi connectivity index (χ4n) is 1.95. The smallest absolute Gasteiger partial charge is 0.549 e. The molecule has 1 aromatic carbocycles. The van der Waals surface area contributed by atoms with Crippen molar-refractivity contribution in [1.29, 1.82) is 0 Å². The van der Waals surface area contributed by atoms with Crippen LogP contribution in [0.1, 0.15) is 0 Å². The molecule has 10 heteroatoms. The van der Waals surface area contributed by atoms with E-state index in [-0.39, 0.29) is 27.7 Å². The van der Waals surface area contributed by atoms with Crippen LogP contribution in [0.2, 0.25) is 0 Å². The number of hydrogen-bond acceptors (Lipinski definition) is 7. The van der Waals surface area contributed by atoms with E-state index in [0.717, 1.165) is 21.8 Å². The van der Waals surface area contributed by atoms with Crippen LogP contribution in [0.4, 0.5) is 0 Å². The van der Waals surface area contributed by atoms with E-state index in [1.165, 1.54) is 0 Å². The molecule has 140 valence electrons. The molecule has 2 heterocycles. The van der Waals surface area contributed by atoms with Crippen molar-refractivity contribution in [2.24, 2.45) is 0 Å². The second kappa shape index (κ2) is 12.7. The van der Waals surface area contributed by atoms with Gasteiger partial charge in [0.2, 0.25) is 0 Å². The Morgan fingerprint density at radius 2 is 1.23 bits per heavy atom. The van der Waals surface area contributed by atoms with Gasteiger partial charge in [-0.1, -0.05) is 24.3 Å². The van der Waals surface area contributed by atoms with Gasteiger partial charge in [-0.15, -0.1) is 0 Å². The van der Waals surface area contributed by atoms with Crippen molar-refractivity contribution >= 4 is 33.7 Å². The molecule has 0 aliphatic heterocycles. The van der Waals surface area contributed by atoms with Crippen molar-refractivity contribution in [3.63, 3.8) is 0 Å². The molecule has 26 heavy (non-hydrogen) atoms. The Balaban J connectivity index is 0. The maximum absolute atomic E-state index is 9.59. The van der Waals surface area contributed by atoms with E-state index < -0.39 is 25.0 Å². The average Bonchev–Trinajstić information content (AvgIpc) is 2.55. The molecule has 3 aromatic rings. The minimum atomic E-state index is -1.34. The molecule has 0 fully saturated rings. The molecular formula is C16H18CoN3O6+2. The van der Waals surface area contributed by atoms with Crippen molar-refractivity contribution < 1.29 is 47.5 Å². The number of aliphatic carboxylic acids is 2. The second-order valence-electron chi connectivity index (χ2n) is 4.56. The number of nitrogens with zero attached hydrogens (tertiary/aromatic N) is 2. The largest absolute Gasteiger partial charge is 3.00 e. The summed E-state index contributed by atoms with van der Waals surface area (Å²) in [5, 5.41) is 23.5. The third-order valence-electron chi connectivity index (χ3n) is 2.88. The Morgan fingerprint density at radius 1 is 0.846 bits per heavy atom. The fourth-order valence-corrected chi connectivity index (χ4v) is 1.95. The molecule has 0 atom stereocenters. The number of carboxylic acid groups (broad SMARTS) is 2. The molecule has 6 N–H and O–H groups in total. The van der Waals surface area contributed by atoms with Gasteiger partial charge < -0.3 is 36.1 Å². The van der Waals surface area contributed by atoms with Gasteiger partial charge in [0.05, 0.1) is 23.0 Å². The fraction of sp³-hybridized carbons (Fsp3) is 0.125. The van der Waals surface area contributed by atoms with Crippen LogP contribution >= 0.6 is 0 Å². The monoisotopic (exact) mass is 407 g/mol. The Morgan fingerprint density at radius 3 is 1.58 bits per heavy atom. The first-order valence-corrected chi connectivity index (χ1v) is 6.77. The molecule has 2 aromatic heterocycles. The Hall–Kier alpha value is -2.63. The topological polar surface area (TPSA) is 183 Å². The molecule has 9 nitrogen and oxygen atoms in total. The summed E-state index contributed by atoms with van der Waals surface area (Å²) in [6.45, 7) is -0.929. The third kappa shape index (κ3) is 7.50. The number of hydrogen-bond donors (Lipinski definition) is 1. The number of aromatic nitrogens is 2. The van der Waals surface area contributed by atoms with Crippen LogP contribution in [0.3, 0.4) is 0 Å². The zero-order valence-corrected chi connectivity index (χ0v) is 14.5. The quantitative estimate of drug-likeness (QED) is 0.355. The van der Waals surface area contributed by atoms with Gasteiger partial charge in [0, 0.05) is 36.3 Å². The zero-order valence-electron chi connectivity index (χ0n) is 13.5. The third-order valence-corrected chi connectivity index (χ3v) is 2.88. The first-order valence-electron chi connectivity index (χ1n) is 6.77. The summed E-state index contributed by atoms with van der Waals surface area (Å²) in [7, 11) is 0. The number of nitrogens with one attached hydrogen (secondary N) is 1. The van der Waals surface area contributed by atoms with E-state index in [1.807, 2.05) is 12.1 Å². The van der Waals surface area contributed by atoms with Gasteiger partial charge in [0.25, 0.3) is 0 Å². The van der Waals surface area contributed by atoms with Gasteiger partial charge in [-0.2, -0.15) is 0 Å². The molecule has 0 aliphatic rings. The molecule has 0 amide bonds. The number of pyridine rings is 2. The van der Waals surface area contributed by atoms with Crippen LogP contribution in [0.15, 0.2) is 48.8 Å². The predicted molar refractivity (Wildman–Crippen MR) is 88.4 cm³/mol. The Labute approximate surface area is 158 Å². The maximum atomic E-state index is 9.59. The number of carbonyl (C=O) groups is 2. The summed E-state index contributed by atoms with van der Waals surface area (Å²) >= 11 is 0. The van der Waals surface area contributed by atoms with Crippen LogP contribution in [0.25, 0.3) is 21.8 Å². The zero-order chi connectivity index (χ0) is 16.7. The maximum Gasteiger partial charge on any atom is 3.00 e. The molecule has 0 spiro atoms. The summed E-state index contributed by atoms with van der Waals surface area (Å²) in [4.78, 5) is 27.9. The Kier molecular flexibility index (Phi) is 12.5. The summed E-state index contributed by atoms with van der Waals surface area (Å²) in [6.07, 6.45) is 3.60. The summed E-state index contributed by atoms with van der Waals surface area (Å²) < 4.78 is 0. The second-order valence-corrected chi connectivity index (χ2v) is 4.56. The van der Waals surface area contributed by atoms with Gasteiger partial charge in [0.1, 0.15) is 0 Å².